The van der Waals surface area contributed by atoms with Crippen LogP contribution in [0.1, 0.15) is 37.1 Å². The van der Waals surface area contributed by atoms with Gasteiger partial charge < -0.3 is 0 Å². The molecule has 6 nitrogen and oxygen atoms in total. The number of urea groups is 1. The minimum Gasteiger partial charge on any atom is -0.263 e. The van der Waals surface area contributed by atoms with Gasteiger partial charge in [-0.05, 0) is 44.2 Å². The molecule has 0 bridgehead atoms. The Labute approximate surface area is 155 Å². The molecular formula is C19H19N3O3S. The molecule has 1 aromatic carbocycles. The lowest BCUT2D eigenvalue weighted by molar-refractivity contribution is -0.143. The van der Waals surface area contributed by atoms with Crippen LogP contribution < -0.4 is 0 Å². The molecule has 0 N–H and O–H groups in total. The SMILES string of the molecule is O=C1C(=O)N(Cc2nc3ccccc3s2)C(=O)N1CCC1=CCCCC1. The second-order valence-corrected chi connectivity index (χ2v) is 7.68. The van der Waals surface area contributed by atoms with E-state index in [1.807, 2.05) is 24.3 Å². The first-order valence-corrected chi connectivity index (χ1v) is 9.65. The molecule has 2 aliphatic rings. The average molecular weight is 369 g/mol. The summed E-state index contributed by atoms with van der Waals surface area (Å²) in [6.07, 6.45) is 7.25. The lowest BCUT2D eigenvalue weighted by Gasteiger charge is -2.17. The fraction of sp³-hybridized carbons (Fsp3) is 0.368. The van der Waals surface area contributed by atoms with Gasteiger partial charge >= 0.3 is 17.8 Å². The molecule has 1 saturated heterocycles. The van der Waals surface area contributed by atoms with Crippen molar-refractivity contribution in [2.24, 2.45) is 0 Å². The first-order chi connectivity index (χ1) is 12.6. The van der Waals surface area contributed by atoms with E-state index in [1.54, 1.807) is 0 Å². The summed E-state index contributed by atoms with van der Waals surface area (Å²) in [5.41, 5.74) is 2.10. The second kappa shape index (κ2) is 6.99. The normalized spacial score (nSPS) is 18.2. The number of carbonyl (C=O) groups excluding carboxylic acids is 3. The maximum Gasteiger partial charge on any atom is 0.334 e. The monoisotopic (exact) mass is 369 g/mol. The zero-order chi connectivity index (χ0) is 18.1. The number of carbonyl (C=O) groups is 3. The molecule has 4 rings (SSSR count). The van der Waals surface area contributed by atoms with Gasteiger partial charge in [-0.15, -0.1) is 11.3 Å². The van der Waals surface area contributed by atoms with E-state index in [1.165, 1.54) is 23.3 Å². The first-order valence-electron chi connectivity index (χ1n) is 8.83. The molecule has 1 fully saturated rings. The van der Waals surface area contributed by atoms with Gasteiger partial charge in [0.2, 0.25) is 0 Å². The van der Waals surface area contributed by atoms with E-state index in [0.717, 1.165) is 39.3 Å². The van der Waals surface area contributed by atoms with Crippen LogP contribution in [-0.2, 0) is 16.1 Å². The van der Waals surface area contributed by atoms with E-state index < -0.39 is 17.8 Å². The third kappa shape index (κ3) is 3.14. The van der Waals surface area contributed by atoms with Crippen molar-refractivity contribution in [2.75, 3.05) is 6.54 Å². The van der Waals surface area contributed by atoms with Crippen LogP contribution in [0.5, 0.6) is 0 Å². The molecular weight excluding hydrogens is 350 g/mol. The van der Waals surface area contributed by atoms with Crippen LogP contribution in [0.15, 0.2) is 35.9 Å². The van der Waals surface area contributed by atoms with Gasteiger partial charge in [0.25, 0.3) is 0 Å². The Hall–Kier alpha value is -2.54. The summed E-state index contributed by atoms with van der Waals surface area (Å²) < 4.78 is 0.994. The van der Waals surface area contributed by atoms with Gasteiger partial charge in [-0.2, -0.15) is 0 Å². The van der Waals surface area contributed by atoms with Gasteiger partial charge in [0, 0.05) is 6.54 Å². The van der Waals surface area contributed by atoms with Crippen molar-refractivity contribution in [3.63, 3.8) is 0 Å². The third-order valence-electron chi connectivity index (χ3n) is 4.81. The summed E-state index contributed by atoms with van der Waals surface area (Å²) in [4.78, 5) is 43.6. The van der Waals surface area contributed by atoms with Crippen LogP contribution in [-0.4, -0.2) is 39.2 Å². The highest BCUT2D eigenvalue weighted by molar-refractivity contribution is 7.18. The minimum atomic E-state index is -0.758. The Morgan fingerprint density at radius 2 is 1.85 bits per heavy atom. The number of hydrogen-bond acceptors (Lipinski definition) is 5. The summed E-state index contributed by atoms with van der Waals surface area (Å²) in [5.74, 6) is -1.49. The topological polar surface area (TPSA) is 70.6 Å². The van der Waals surface area contributed by atoms with Crippen LogP contribution in [0.25, 0.3) is 10.2 Å². The summed E-state index contributed by atoms with van der Waals surface area (Å²) in [6, 6.07) is 7.11. The number of allylic oxidation sites excluding steroid dienone is 1. The predicted octanol–water partition coefficient (Wildman–Crippen LogP) is 3.48. The van der Waals surface area contributed by atoms with Gasteiger partial charge in [0.15, 0.2) is 0 Å². The molecule has 0 spiro atoms. The van der Waals surface area contributed by atoms with Crippen molar-refractivity contribution in [3.05, 3.63) is 40.9 Å². The average Bonchev–Trinajstić information content (AvgIpc) is 3.16. The van der Waals surface area contributed by atoms with Crippen molar-refractivity contribution >= 4 is 39.4 Å². The Morgan fingerprint density at radius 1 is 1.04 bits per heavy atom. The number of para-hydroxylation sites is 1. The second-order valence-electron chi connectivity index (χ2n) is 6.56. The number of benzene rings is 1. The lowest BCUT2D eigenvalue weighted by Crippen LogP contribution is -2.34. The molecule has 0 atom stereocenters. The molecule has 0 saturated carbocycles. The van der Waals surface area contributed by atoms with Crippen molar-refractivity contribution in [3.8, 4) is 0 Å². The third-order valence-corrected chi connectivity index (χ3v) is 5.83. The van der Waals surface area contributed by atoms with E-state index in [0.29, 0.717) is 11.4 Å². The van der Waals surface area contributed by atoms with Crippen LogP contribution in [0.2, 0.25) is 0 Å². The number of rotatable bonds is 5. The van der Waals surface area contributed by atoms with Gasteiger partial charge in [-0.1, -0.05) is 23.8 Å². The van der Waals surface area contributed by atoms with Crippen LogP contribution in [0.4, 0.5) is 4.79 Å². The van der Waals surface area contributed by atoms with E-state index in [9.17, 15) is 14.4 Å². The van der Waals surface area contributed by atoms with Crippen LogP contribution in [0.3, 0.4) is 0 Å². The first kappa shape index (κ1) is 16.9. The van der Waals surface area contributed by atoms with Gasteiger partial charge in [-0.3, -0.25) is 14.5 Å². The zero-order valence-corrected chi connectivity index (χ0v) is 15.1. The predicted molar refractivity (Wildman–Crippen MR) is 98.4 cm³/mol. The fourth-order valence-corrected chi connectivity index (χ4v) is 4.35. The lowest BCUT2D eigenvalue weighted by atomic mass is 9.97. The Morgan fingerprint density at radius 3 is 2.62 bits per heavy atom. The Bertz CT molecular complexity index is 885. The number of aromatic nitrogens is 1. The van der Waals surface area contributed by atoms with Crippen molar-refractivity contribution in [2.45, 2.75) is 38.6 Å². The van der Waals surface area contributed by atoms with E-state index in [4.69, 9.17) is 0 Å². The molecule has 0 unspecified atom stereocenters. The summed E-state index contributed by atoms with van der Waals surface area (Å²) in [5, 5.41) is 0.650. The highest BCUT2D eigenvalue weighted by Gasteiger charge is 2.44. The number of nitrogens with zero attached hydrogens (tertiary/aromatic N) is 3. The quantitative estimate of drug-likeness (QED) is 0.460. The van der Waals surface area contributed by atoms with Crippen LogP contribution in [0, 0.1) is 0 Å². The van der Waals surface area contributed by atoms with Gasteiger partial charge in [0.05, 0.1) is 16.8 Å². The number of hydrogen-bond donors (Lipinski definition) is 0. The van der Waals surface area contributed by atoms with E-state index in [-0.39, 0.29) is 13.1 Å². The highest BCUT2D eigenvalue weighted by atomic mass is 32.1. The van der Waals surface area contributed by atoms with Crippen molar-refractivity contribution in [1.82, 2.24) is 14.8 Å². The van der Waals surface area contributed by atoms with Crippen molar-refractivity contribution in [1.29, 1.82) is 0 Å². The number of fused-ring (bicyclic) bond motifs is 1. The molecule has 134 valence electrons. The maximum absolute atomic E-state index is 12.6. The van der Waals surface area contributed by atoms with Gasteiger partial charge in [0.1, 0.15) is 5.01 Å². The molecule has 0 radical (unpaired) electrons. The summed E-state index contributed by atoms with van der Waals surface area (Å²) in [7, 11) is 0. The molecule has 26 heavy (non-hydrogen) atoms. The highest BCUT2D eigenvalue weighted by Crippen LogP contribution is 2.25. The molecule has 1 aromatic heterocycles. The minimum absolute atomic E-state index is 0.0436. The molecule has 1 aliphatic heterocycles. The van der Waals surface area contributed by atoms with Crippen molar-refractivity contribution < 1.29 is 14.4 Å². The van der Waals surface area contributed by atoms with Gasteiger partial charge in [-0.25, -0.2) is 14.7 Å². The van der Waals surface area contributed by atoms with E-state index >= 15 is 0 Å². The number of thiazole rings is 1. The maximum atomic E-state index is 12.6. The number of amides is 4. The van der Waals surface area contributed by atoms with Crippen LogP contribution >= 0.6 is 11.3 Å². The largest absolute Gasteiger partial charge is 0.334 e. The molecule has 1 aliphatic carbocycles. The zero-order valence-electron chi connectivity index (χ0n) is 14.3. The molecule has 2 aromatic rings. The fourth-order valence-electron chi connectivity index (χ4n) is 3.40. The van der Waals surface area contributed by atoms with E-state index in [2.05, 4.69) is 11.1 Å². The molecule has 7 heteroatoms. The smallest absolute Gasteiger partial charge is 0.263 e. The standard InChI is InChI=1S/C19H19N3O3S/c23-17-18(24)22(12-16-20-14-8-4-5-9-15(14)26-16)19(25)21(17)11-10-13-6-2-1-3-7-13/h4-6,8-9H,1-3,7,10-12H2. The summed E-state index contributed by atoms with van der Waals surface area (Å²) >= 11 is 1.43. The molecule has 4 amide bonds. The molecule has 2 heterocycles. The number of imide groups is 2. The Balaban J connectivity index is 1.46. The Kier molecular flexibility index (Phi) is 4.55. The summed E-state index contributed by atoms with van der Waals surface area (Å²) in [6.45, 7) is 0.313.